The molecule has 2 rings (SSSR count). The summed E-state index contributed by atoms with van der Waals surface area (Å²) >= 11 is 0. The van der Waals surface area contributed by atoms with Gasteiger partial charge in [0.25, 0.3) is 0 Å². The number of nitro groups is 1. The lowest BCUT2D eigenvalue weighted by atomic mass is 9.92. The molecule has 1 amide bonds. The molecule has 0 unspecified atom stereocenters. The van der Waals surface area contributed by atoms with E-state index >= 15 is 0 Å². The normalized spacial score (nSPS) is 24.0. The Morgan fingerprint density at radius 1 is 1.36 bits per heavy atom. The molecule has 1 aliphatic rings. The van der Waals surface area contributed by atoms with Gasteiger partial charge in [0.2, 0.25) is 11.7 Å². The van der Waals surface area contributed by atoms with E-state index in [2.05, 4.69) is 4.90 Å². The highest BCUT2D eigenvalue weighted by atomic mass is 19.1. The van der Waals surface area contributed by atoms with Gasteiger partial charge in [0.05, 0.1) is 11.0 Å². The Bertz CT molecular complexity index is 669. The molecule has 0 saturated carbocycles. The van der Waals surface area contributed by atoms with E-state index in [9.17, 15) is 19.3 Å². The maximum atomic E-state index is 13.9. The van der Waals surface area contributed by atoms with Crippen molar-refractivity contribution in [1.29, 1.82) is 0 Å². The molecule has 1 aliphatic heterocycles. The number of carbonyl (C=O) groups excluding carboxylic acids is 1. The van der Waals surface area contributed by atoms with Gasteiger partial charge in [-0.05, 0) is 32.5 Å². The van der Waals surface area contributed by atoms with Gasteiger partial charge in [-0.25, -0.2) is 0 Å². The van der Waals surface area contributed by atoms with Gasteiger partial charge in [0.1, 0.15) is 0 Å². The van der Waals surface area contributed by atoms with Crippen LogP contribution in [-0.2, 0) is 4.79 Å². The third-order valence-corrected chi connectivity index (χ3v) is 5.10. The van der Waals surface area contributed by atoms with Crippen LogP contribution < -0.4 is 5.73 Å². The zero-order valence-corrected chi connectivity index (χ0v) is 15.0. The molecule has 0 radical (unpaired) electrons. The summed E-state index contributed by atoms with van der Waals surface area (Å²) in [6.45, 7) is 7.11. The van der Waals surface area contributed by atoms with Gasteiger partial charge in [-0.3, -0.25) is 19.8 Å². The van der Waals surface area contributed by atoms with Gasteiger partial charge in [0, 0.05) is 37.2 Å². The minimum atomic E-state index is -0.921. The second-order valence-corrected chi connectivity index (χ2v) is 6.91. The van der Waals surface area contributed by atoms with Crippen molar-refractivity contribution in [2.24, 2.45) is 5.73 Å². The van der Waals surface area contributed by atoms with E-state index in [0.717, 1.165) is 18.7 Å². The Hall–Kier alpha value is -2.06. The van der Waals surface area contributed by atoms with Crippen LogP contribution in [-0.4, -0.2) is 58.9 Å². The van der Waals surface area contributed by atoms with Gasteiger partial charge in [-0.2, -0.15) is 4.39 Å². The van der Waals surface area contributed by atoms with E-state index in [1.165, 1.54) is 6.07 Å². The molecule has 1 fully saturated rings. The predicted octanol–water partition coefficient (Wildman–Crippen LogP) is 1.72. The molecule has 8 heteroatoms. The topological polar surface area (TPSA) is 92.7 Å². The van der Waals surface area contributed by atoms with Crippen molar-refractivity contribution >= 4 is 11.6 Å². The molecule has 1 aromatic rings. The number of halogens is 1. The smallest absolute Gasteiger partial charge is 0.304 e. The van der Waals surface area contributed by atoms with Crippen molar-refractivity contribution < 1.29 is 14.1 Å². The van der Waals surface area contributed by atoms with E-state index in [-0.39, 0.29) is 18.0 Å². The SMILES string of the molecule is C[C@@H]1CN(C(=O)[C@H](N)[C@@H](C)c2ccc([N+](=O)[O-])c(F)c2)[C@H](C)CN1C. The van der Waals surface area contributed by atoms with Crippen LogP contribution in [0.25, 0.3) is 0 Å². The Balaban J connectivity index is 2.16. The molecule has 4 atom stereocenters. The largest absolute Gasteiger partial charge is 0.336 e. The molecule has 0 aliphatic carbocycles. The zero-order chi connectivity index (χ0) is 18.9. The summed E-state index contributed by atoms with van der Waals surface area (Å²) in [7, 11) is 2.02. The highest BCUT2D eigenvalue weighted by molar-refractivity contribution is 5.83. The number of benzene rings is 1. The summed E-state index contributed by atoms with van der Waals surface area (Å²) in [6.07, 6.45) is 0. The summed E-state index contributed by atoms with van der Waals surface area (Å²) in [5.41, 5.74) is 6.04. The lowest BCUT2D eigenvalue weighted by Gasteiger charge is -2.43. The molecule has 1 heterocycles. The van der Waals surface area contributed by atoms with E-state index in [0.29, 0.717) is 12.1 Å². The summed E-state index contributed by atoms with van der Waals surface area (Å²) in [4.78, 5) is 26.7. The fourth-order valence-corrected chi connectivity index (χ4v) is 3.17. The summed E-state index contributed by atoms with van der Waals surface area (Å²) in [6, 6.07) is 3.10. The number of carbonyl (C=O) groups is 1. The van der Waals surface area contributed by atoms with Gasteiger partial charge >= 0.3 is 5.69 Å². The quantitative estimate of drug-likeness (QED) is 0.658. The van der Waals surface area contributed by atoms with E-state index in [1.807, 2.05) is 20.9 Å². The molecule has 25 heavy (non-hydrogen) atoms. The highest BCUT2D eigenvalue weighted by Crippen LogP contribution is 2.26. The Kier molecular flexibility index (Phi) is 5.74. The van der Waals surface area contributed by atoms with Crippen molar-refractivity contribution in [3.05, 3.63) is 39.7 Å². The van der Waals surface area contributed by atoms with Gasteiger partial charge in [0.15, 0.2) is 0 Å². The third-order valence-electron chi connectivity index (χ3n) is 5.10. The molecule has 7 nitrogen and oxygen atoms in total. The van der Waals surface area contributed by atoms with Crippen LogP contribution in [0.4, 0.5) is 10.1 Å². The fraction of sp³-hybridized carbons (Fsp3) is 0.588. The number of nitrogens with two attached hydrogens (primary N) is 1. The maximum Gasteiger partial charge on any atom is 0.304 e. The molecular formula is C17H25FN4O3. The predicted molar refractivity (Wildman–Crippen MR) is 92.7 cm³/mol. The average molecular weight is 352 g/mol. The highest BCUT2D eigenvalue weighted by Gasteiger charge is 2.34. The summed E-state index contributed by atoms with van der Waals surface area (Å²) < 4.78 is 13.9. The molecule has 0 bridgehead atoms. The number of likely N-dealkylation sites (N-methyl/N-ethyl adjacent to an activating group) is 1. The van der Waals surface area contributed by atoms with Crippen LogP contribution in [0.2, 0.25) is 0 Å². The Labute approximate surface area is 146 Å². The molecule has 1 aromatic carbocycles. The minimum absolute atomic E-state index is 0.0422. The van der Waals surface area contributed by atoms with Crippen LogP contribution >= 0.6 is 0 Å². The second-order valence-electron chi connectivity index (χ2n) is 6.91. The standard InChI is InChI=1S/C17H25FN4O3/c1-10-9-21(11(2)8-20(10)4)17(23)16(19)12(3)13-5-6-15(22(24)25)14(18)7-13/h5-7,10-12,16H,8-9,19H2,1-4H3/t10-,11-,12+,16-/m1/s1. The first kappa shape index (κ1) is 19.3. The first-order valence-corrected chi connectivity index (χ1v) is 8.33. The van der Waals surface area contributed by atoms with Crippen molar-refractivity contribution in [3.63, 3.8) is 0 Å². The average Bonchev–Trinajstić information content (AvgIpc) is 2.55. The monoisotopic (exact) mass is 352 g/mol. The van der Waals surface area contributed by atoms with Crippen LogP contribution in [0.5, 0.6) is 0 Å². The van der Waals surface area contributed by atoms with E-state index < -0.39 is 28.4 Å². The van der Waals surface area contributed by atoms with E-state index in [1.54, 1.807) is 11.8 Å². The molecule has 138 valence electrons. The molecule has 0 aromatic heterocycles. The van der Waals surface area contributed by atoms with Gasteiger partial charge in [-0.1, -0.05) is 13.0 Å². The number of amides is 1. The maximum absolute atomic E-state index is 13.9. The van der Waals surface area contributed by atoms with Crippen molar-refractivity contribution in [2.45, 2.75) is 44.8 Å². The minimum Gasteiger partial charge on any atom is -0.336 e. The van der Waals surface area contributed by atoms with Crippen LogP contribution in [0.3, 0.4) is 0 Å². The second kappa shape index (κ2) is 7.45. The first-order chi connectivity index (χ1) is 11.6. The van der Waals surface area contributed by atoms with Crippen LogP contribution in [0.15, 0.2) is 18.2 Å². The lowest BCUT2D eigenvalue weighted by Crippen LogP contribution is -2.60. The summed E-state index contributed by atoms with van der Waals surface area (Å²) in [5, 5.41) is 10.7. The summed E-state index contributed by atoms with van der Waals surface area (Å²) in [5.74, 6) is -1.56. The van der Waals surface area contributed by atoms with Gasteiger partial charge in [-0.15, -0.1) is 0 Å². The van der Waals surface area contributed by atoms with Crippen LogP contribution in [0, 0.1) is 15.9 Å². The molecule has 0 spiro atoms. The molecular weight excluding hydrogens is 327 g/mol. The van der Waals surface area contributed by atoms with Crippen molar-refractivity contribution in [3.8, 4) is 0 Å². The Morgan fingerprint density at radius 2 is 2.00 bits per heavy atom. The number of piperazine rings is 1. The first-order valence-electron chi connectivity index (χ1n) is 8.33. The van der Waals surface area contributed by atoms with Crippen molar-refractivity contribution in [2.75, 3.05) is 20.1 Å². The lowest BCUT2D eigenvalue weighted by molar-refractivity contribution is -0.387. The molecule has 1 saturated heterocycles. The number of rotatable bonds is 4. The third kappa shape index (κ3) is 3.96. The molecule has 2 N–H and O–H groups in total. The number of hydrogen-bond acceptors (Lipinski definition) is 5. The number of nitrogens with zero attached hydrogens (tertiary/aromatic N) is 3. The van der Waals surface area contributed by atoms with Crippen LogP contribution in [0.1, 0.15) is 32.3 Å². The Morgan fingerprint density at radius 3 is 2.56 bits per heavy atom. The zero-order valence-electron chi connectivity index (χ0n) is 15.0. The number of nitro benzene ring substituents is 1. The van der Waals surface area contributed by atoms with Gasteiger partial charge < -0.3 is 10.6 Å². The number of hydrogen-bond donors (Lipinski definition) is 1. The fourth-order valence-electron chi connectivity index (χ4n) is 3.17. The van der Waals surface area contributed by atoms with Crippen molar-refractivity contribution in [1.82, 2.24) is 9.80 Å². The van der Waals surface area contributed by atoms with E-state index in [4.69, 9.17) is 5.73 Å².